The molecule has 19 heavy (non-hydrogen) atoms. The molecule has 1 aromatic heterocycles. The monoisotopic (exact) mass is 277 g/mol. The molecule has 5 heteroatoms. The molecule has 0 saturated carbocycles. The topological polar surface area (TPSA) is 47.0 Å². The first-order chi connectivity index (χ1) is 9.13. The van der Waals surface area contributed by atoms with Crippen LogP contribution in [-0.4, -0.2) is 16.1 Å². The number of nitrogens with one attached hydrogen (secondary N) is 1. The van der Waals surface area contributed by atoms with Gasteiger partial charge in [-0.05, 0) is 31.5 Å². The summed E-state index contributed by atoms with van der Waals surface area (Å²) in [7, 11) is 0. The lowest BCUT2D eigenvalue weighted by atomic mass is 10.2. The van der Waals surface area contributed by atoms with Gasteiger partial charge in [-0.25, -0.2) is 9.97 Å². The molecule has 0 aliphatic heterocycles. The predicted octanol–water partition coefficient (Wildman–Crippen LogP) is 3.53. The Morgan fingerprint density at radius 3 is 2.63 bits per heavy atom. The van der Waals surface area contributed by atoms with Gasteiger partial charge in [-0.2, -0.15) is 0 Å². The highest BCUT2D eigenvalue weighted by Crippen LogP contribution is 2.14. The SMILES string of the molecule is CC(C)Oc1cc(NCc2ccc(Cl)cc2)ncn1. The van der Waals surface area contributed by atoms with Gasteiger partial charge in [-0.1, -0.05) is 23.7 Å². The van der Waals surface area contributed by atoms with Crippen LogP contribution in [0.1, 0.15) is 19.4 Å². The highest BCUT2D eigenvalue weighted by atomic mass is 35.5. The second-order valence-electron chi connectivity index (χ2n) is 4.39. The van der Waals surface area contributed by atoms with Crippen molar-refractivity contribution < 1.29 is 4.74 Å². The molecule has 0 spiro atoms. The molecule has 1 aromatic carbocycles. The van der Waals surface area contributed by atoms with Gasteiger partial charge in [-0.3, -0.25) is 0 Å². The third-order valence-corrected chi connectivity index (χ3v) is 2.64. The van der Waals surface area contributed by atoms with Crippen LogP contribution in [0.25, 0.3) is 0 Å². The van der Waals surface area contributed by atoms with Gasteiger partial charge in [-0.15, -0.1) is 0 Å². The lowest BCUT2D eigenvalue weighted by molar-refractivity contribution is 0.232. The van der Waals surface area contributed by atoms with Crippen LogP contribution >= 0.6 is 11.6 Å². The van der Waals surface area contributed by atoms with Crippen molar-refractivity contribution in [2.24, 2.45) is 0 Å². The summed E-state index contributed by atoms with van der Waals surface area (Å²) >= 11 is 5.84. The van der Waals surface area contributed by atoms with E-state index in [9.17, 15) is 0 Å². The maximum atomic E-state index is 5.84. The molecule has 2 rings (SSSR count). The Balaban J connectivity index is 1.97. The normalized spacial score (nSPS) is 10.5. The van der Waals surface area contributed by atoms with E-state index in [1.54, 1.807) is 6.07 Å². The van der Waals surface area contributed by atoms with Crippen molar-refractivity contribution in [1.29, 1.82) is 0 Å². The summed E-state index contributed by atoms with van der Waals surface area (Å²) < 4.78 is 5.51. The Labute approximate surface area is 117 Å². The van der Waals surface area contributed by atoms with Crippen molar-refractivity contribution >= 4 is 17.4 Å². The highest BCUT2D eigenvalue weighted by Gasteiger charge is 2.02. The molecule has 100 valence electrons. The maximum absolute atomic E-state index is 5.84. The lowest BCUT2D eigenvalue weighted by Gasteiger charge is -2.10. The van der Waals surface area contributed by atoms with Crippen LogP contribution < -0.4 is 10.1 Å². The maximum Gasteiger partial charge on any atom is 0.218 e. The molecule has 0 amide bonds. The summed E-state index contributed by atoms with van der Waals surface area (Å²) in [5.74, 6) is 1.31. The zero-order chi connectivity index (χ0) is 13.7. The smallest absolute Gasteiger partial charge is 0.218 e. The van der Waals surface area contributed by atoms with Crippen molar-refractivity contribution in [1.82, 2.24) is 9.97 Å². The Bertz CT molecular complexity index is 528. The molecule has 0 radical (unpaired) electrons. The number of nitrogens with zero attached hydrogens (tertiary/aromatic N) is 2. The van der Waals surface area contributed by atoms with Crippen molar-refractivity contribution in [3.05, 3.63) is 47.2 Å². The number of anilines is 1. The largest absolute Gasteiger partial charge is 0.475 e. The van der Waals surface area contributed by atoms with Crippen molar-refractivity contribution in [2.75, 3.05) is 5.32 Å². The Morgan fingerprint density at radius 2 is 1.95 bits per heavy atom. The van der Waals surface area contributed by atoms with Gasteiger partial charge in [0, 0.05) is 17.6 Å². The van der Waals surface area contributed by atoms with E-state index < -0.39 is 0 Å². The van der Waals surface area contributed by atoms with E-state index >= 15 is 0 Å². The van der Waals surface area contributed by atoms with Crippen LogP contribution in [-0.2, 0) is 6.54 Å². The Morgan fingerprint density at radius 1 is 1.21 bits per heavy atom. The van der Waals surface area contributed by atoms with E-state index in [2.05, 4.69) is 15.3 Å². The van der Waals surface area contributed by atoms with Crippen LogP contribution in [0.2, 0.25) is 5.02 Å². The van der Waals surface area contributed by atoms with Crippen molar-refractivity contribution in [2.45, 2.75) is 26.5 Å². The quantitative estimate of drug-likeness (QED) is 0.908. The Kier molecular flexibility index (Phi) is 4.58. The van der Waals surface area contributed by atoms with E-state index in [1.165, 1.54) is 6.33 Å². The van der Waals surface area contributed by atoms with Crippen LogP contribution in [0.3, 0.4) is 0 Å². The first-order valence-corrected chi connectivity index (χ1v) is 6.48. The molecule has 1 N–H and O–H groups in total. The summed E-state index contributed by atoms with van der Waals surface area (Å²) in [6.45, 7) is 4.60. The van der Waals surface area contributed by atoms with Gasteiger partial charge in [0.05, 0.1) is 6.10 Å². The third-order valence-electron chi connectivity index (χ3n) is 2.39. The fraction of sp³-hybridized carbons (Fsp3) is 0.286. The van der Waals surface area contributed by atoms with Crippen molar-refractivity contribution in [3.8, 4) is 5.88 Å². The van der Waals surface area contributed by atoms with Crippen LogP contribution in [0.4, 0.5) is 5.82 Å². The zero-order valence-corrected chi connectivity index (χ0v) is 11.7. The first kappa shape index (κ1) is 13.6. The number of benzene rings is 1. The fourth-order valence-corrected chi connectivity index (χ4v) is 1.66. The fourth-order valence-electron chi connectivity index (χ4n) is 1.54. The van der Waals surface area contributed by atoms with E-state index in [0.29, 0.717) is 12.4 Å². The molecule has 0 saturated heterocycles. The number of hydrogen-bond donors (Lipinski definition) is 1. The van der Waals surface area contributed by atoms with Gasteiger partial charge >= 0.3 is 0 Å². The first-order valence-electron chi connectivity index (χ1n) is 6.10. The molecule has 2 aromatic rings. The van der Waals surface area contributed by atoms with E-state index in [0.717, 1.165) is 16.4 Å². The van der Waals surface area contributed by atoms with Crippen molar-refractivity contribution in [3.63, 3.8) is 0 Å². The molecule has 0 atom stereocenters. The average molecular weight is 278 g/mol. The number of hydrogen-bond acceptors (Lipinski definition) is 4. The minimum Gasteiger partial charge on any atom is -0.475 e. The molecule has 1 heterocycles. The van der Waals surface area contributed by atoms with E-state index in [1.807, 2.05) is 38.1 Å². The molecular formula is C14H16ClN3O. The second-order valence-corrected chi connectivity index (χ2v) is 4.82. The molecule has 0 unspecified atom stereocenters. The number of halogens is 1. The van der Waals surface area contributed by atoms with Crippen LogP contribution in [0, 0.1) is 0 Å². The predicted molar refractivity (Wildman–Crippen MR) is 76.6 cm³/mol. The average Bonchev–Trinajstić information content (AvgIpc) is 2.38. The van der Waals surface area contributed by atoms with Gasteiger partial charge < -0.3 is 10.1 Å². The van der Waals surface area contributed by atoms with Gasteiger partial charge in [0.15, 0.2) is 0 Å². The second kappa shape index (κ2) is 6.38. The number of rotatable bonds is 5. The third kappa shape index (κ3) is 4.41. The molecule has 0 aliphatic carbocycles. The number of ether oxygens (including phenoxy) is 1. The zero-order valence-electron chi connectivity index (χ0n) is 10.9. The van der Waals surface area contributed by atoms with Crippen LogP contribution in [0.5, 0.6) is 5.88 Å². The summed E-state index contributed by atoms with van der Waals surface area (Å²) in [6, 6.07) is 9.47. The standard InChI is InChI=1S/C14H16ClN3O/c1-10(2)19-14-7-13(17-9-18-14)16-8-11-3-5-12(15)6-4-11/h3-7,9-10H,8H2,1-2H3,(H,16,17,18). The van der Waals surface area contributed by atoms with Crippen LogP contribution in [0.15, 0.2) is 36.7 Å². The van der Waals surface area contributed by atoms with E-state index in [-0.39, 0.29) is 6.10 Å². The summed E-state index contributed by atoms with van der Waals surface area (Å²) in [6.07, 6.45) is 1.58. The van der Waals surface area contributed by atoms with Gasteiger partial charge in [0.25, 0.3) is 0 Å². The Hall–Kier alpha value is -1.81. The molecule has 0 fully saturated rings. The highest BCUT2D eigenvalue weighted by molar-refractivity contribution is 6.30. The molecule has 0 aliphatic rings. The molecule has 4 nitrogen and oxygen atoms in total. The molecule has 0 bridgehead atoms. The summed E-state index contributed by atoms with van der Waals surface area (Å²) in [5, 5.41) is 3.95. The minimum atomic E-state index is 0.0963. The summed E-state index contributed by atoms with van der Waals surface area (Å²) in [5.41, 5.74) is 1.13. The lowest BCUT2D eigenvalue weighted by Crippen LogP contribution is -2.08. The summed E-state index contributed by atoms with van der Waals surface area (Å²) in [4.78, 5) is 8.21. The number of aromatic nitrogens is 2. The van der Waals surface area contributed by atoms with E-state index in [4.69, 9.17) is 16.3 Å². The molecular weight excluding hydrogens is 262 g/mol. The minimum absolute atomic E-state index is 0.0963. The van der Waals surface area contributed by atoms with Gasteiger partial charge in [0.1, 0.15) is 12.1 Å². The van der Waals surface area contributed by atoms with Gasteiger partial charge in [0.2, 0.25) is 5.88 Å².